The fraction of sp³-hybridized carbons (Fsp3) is 0.382. The standard InChI is InChI=1S/C34H39Cl3N4O5S/c1-2-3-4-5-6-7-8-9-10-11-19-46-27-15-17-28(18-16-27)47(44,45)40-26-14-12-13-24(20-26)34(43)38-31-23-32(42)41(39-31)33-29(36)21-25(35)22-30(33)37/h12-18,20-22,40H,2-11,19,23H2,1H3,(H,38,39,43). The second-order valence-electron chi connectivity index (χ2n) is 11.3. The monoisotopic (exact) mass is 720 g/mol. The number of ether oxygens (including phenoxy) is 1. The summed E-state index contributed by atoms with van der Waals surface area (Å²) < 4.78 is 34.4. The first-order valence-electron chi connectivity index (χ1n) is 15.8. The summed E-state index contributed by atoms with van der Waals surface area (Å²) in [6.45, 7) is 2.81. The van der Waals surface area contributed by atoms with E-state index < -0.39 is 21.8 Å². The maximum Gasteiger partial charge on any atom is 0.261 e. The molecular formula is C34H39Cl3N4O5S. The molecule has 47 heavy (non-hydrogen) atoms. The van der Waals surface area contributed by atoms with Crippen molar-refractivity contribution in [2.24, 2.45) is 5.10 Å². The van der Waals surface area contributed by atoms with Gasteiger partial charge in [0.15, 0.2) is 0 Å². The molecule has 0 fully saturated rings. The lowest BCUT2D eigenvalue weighted by atomic mass is 10.1. The first-order chi connectivity index (χ1) is 22.6. The second kappa shape index (κ2) is 17.7. The molecule has 0 saturated carbocycles. The third-order valence-corrected chi connectivity index (χ3v) is 9.70. The zero-order valence-electron chi connectivity index (χ0n) is 26.2. The van der Waals surface area contributed by atoms with Gasteiger partial charge in [0, 0.05) is 16.3 Å². The molecule has 0 atom stereocenters. The number of hydrogen-bond donors (Lipinski definition) is 2. The summed E-state index contributed by atoms with van der Waals surface area (Å²) >= 11 is 18.4. The van der Waals surface area contributed by atoms with E-state index in [2.05, 4.69) is 22.1 Å². The zero-order chi connectivity index (χ0) is 33.8. The van der Waals surface area contributed by atoms with Gasteiger partial charge in [-0.15, -0.1) is 0 Å². The Kier molecular flexibility index (Phi) is 13.8. The molecule has 0 aliphatic carbocycles. The molecule has 9 nitrogen and oxygen atoms in total. The molecule has 2 amide bonds. The Morgan fingerprint density at radius 3 is 2.13 bits per heavy atom. The number of sulfonamides is 1. The Morgan fingerprint density at radius 2 is 1.49 bits per heavy atom. The summed E-state index contributed by atoms with van der Waals surface area (Å²) in [7, 11) is -3.94. The summed E-state index contributed by atoms with van der Waals surface area (Å²) in [5, 5.41) is 8.31. The van der Waals surface area contributed by atoms with Crippen LogP contribution in [0.25, 0.3) is 0 Å². The minimum atomic E-state index is -3.94. The predicted molar refractivity (Wildman–Crippen MR) is 190 cm³/mol. The Bertz CT molecular complexity index is 1660. The molecule has 0 aromatic heterocycles. The van der Waals surface area contributed by atoms with Crippen LogP contribution in [0.15, 0.2) is 70.7 Å². The fourth-order valence-electron chi connectivity index (χ4n) is 5.05. The molecule has 4 rings (SSSR count). The highest BCUT2D eigenvalue weighted by Gasteiger charge is 2.30. The van der Waals surface area contributed by atoms with Crippen LogP contribution in [0.2, 0.25) is 15.1 Å². The lowest BCUT2D eigenvalue weighted by Crippen LogP contribution is -2.29. The number of benzene rings is 3. The molecule has 0 bridgehead atoms. The molecule has 13 heteroatoms. The van der Waals surface area contributed by atoms with Crippen LogP contribution in [0.4, 0.5) is 11.4 Å². The van der Waals surface area contributed by atoms with Gasteiger partial charge in [-0.3, -0.25) is 14.3 Å². The van der Waals surface area contributed by atoms with Gasteiger partial charge in [0.1, 0.15) is 17.3 Å². The van der Waals surface area contributed by atoms with Gasteiger partial charge in [0.05, 0.1) is 28.0 Å². The molecular weight excluding hydrogens is 683 g/mol. The molecule has 3 aromatic carbocycles. The first kappa shape index (κ1) is 36.5. The van der Waals surface area contributed by atoms with Crippen molar-refractivity contribution in [1.29, 1.82) is 0 Å². The van der Waals surface area contributed by atoms with Crippen molar-refractivity contribution in [2.45, 2.75) is 82.4 Å². The number of anilines is 2. The average molecular weight is 722 g/mol. The van der Waals surface area contributed by atoms with E-state index in [0.29, 0.717) is 17.4 Å². The van der Waals surface area contributed by atoms with Crippen LogP contribution >= 0.6 is 34.8 Å². The number of carbonyl (C=O) groups is 2. The number of carbonyl (C=O) groups excluding carboxylic acids is 2. The van der Waals surface area contributed by atoms with Gasteiger partial charge in [-0.1, -0.05) is 106 Å². The number of unbranched alkanes of at least 4 members (excludes halogenated alkanes) is 9. The molecule has 252 valence electrons. The van der Waals surface area contributed by atoms with Gasteiger partial charge >= 0.3 is 0 Å². The van der Waals surface area contributed by atoms with E-state index in [1.165, 1.54) is 93.8 Å². The molecule has 0 radical (unpaired) electrons. The zero-order valence-corrected chi connectivity index (χ0v) is 29.3. The SMILES string of the molecule is CCCCCCCCCCCCOc1ccc(S(=O)(=O)Nc2cccc(C(=O)NC3=NN(c4c(Cl)cc(Cl)cc4Cl)C(=O)C3)c2)cc1. The molecule has 1 aliphatic rings. The van der Waals surface area contributed by atoms with Gasteiger partial charge in [-0.05, 0) is 61.0 Å². The molecule has 2 N–H and O–H groups in total. The minimum Gasteiger partial charge on any atom is -0.494 e. The van der Waals surface area contributed by atoms with E-state index in [9.17, 15) is 18.0 Å². The van der Waals surface area contributed by atoms with E-state index in [0.717, 1.165) is 17.9 Å². The average Bonchev–Trinajstić information content (AvgIpc) is 3.38. The Morgan fingerprint density at radius 1 is 0.872 bits per heavy atom. The maximum atomic E-state index is 13.1. The summed E-state index contributed by atoms with van der Waals surface area (Å²) in [5.41, 5.74) is 0.485. The molecule has 1 heterocycles. The van der Waals surface area contributed by atoms with Crippen LogP contribution in [0.1, 0.15) is 87.9 Å². The smallest absolute Gasteiger partial charge is 0.261 e. The number of nitrogens with zero attached hydrogens (tertiary/aromatic N) is 2. The van der Waals surface area contributed by atoms with Crippen molar-refractivity contribution in [2.75, 3.05) is 16.3 Å². The molecule has 0 unspecified atom stereocenters. The number of halogens is 3. The van der Waals surface area contributed by atoms with Gasteiger partial charge in [-0.25, -0.2) is 8.42 Å². The van der Waals surface area contributed by atoms with Crippen LogP contribution in [-0.2, 0) is 14.8 Å². The Balaban J connectivity index is 1.26. The van der Waals surface area contributed by atoms with E-state index in [1.54, 1.807) is 18.2 Å². The van der Waals surface area contributed by atoms with Gasteiger partial charge < -0.3 is 10.1 Å². The van der Waals surface area contributed by atoms with Crippen molar-refractivity contribution in [3.63, 3.8) is 0 Å². The van der Waals surface area contributed by atoms with E-state index in [1.807, 2.05) is 0 Å². The number of nitrogens with one attached hydrogen (secondary N) is 2. The number of amides is 2. The first-order valence-corrected chi connectivity index (χ1v) is 18.4. The van der Waals surface area contributed by atoms with Crippen molar-refractivity contribution in [1.82, 2.24) is 5.32 Å². The maximum absolute atomic E-state index is 13.1. The molecule has 3 aromatic rings. The van der Waals surface area contributed by atoms with E-state index in [-0.39, 0.29) is 44.1 Å². The third kappa shape index (κ3) is 10.9. The summed E-state index contributed by atoms with van der Waals surface area (Å²) in [5.74, 6) is -0.366. The second-order valence-corrected chi connectivity index (χ2v) is 14.2. The number of hydrogen-bond acceptors (Lipinski definition) is 6. The van der Waals surface area contributed by atoms with Gasteiger partial charge in [0.25, 0.3) is 21.8 Å². The van der Waals surface area contributed by atoms with E-state index >= 15 is 0 Å². The van der Waals surface area contributed by atoms with Crippen molar-refractivity contribution in [3.05, 3.63) is 81.3 Å². The topological polar surface area (TPSA) is 117 Å². The lowest BCUT2D eigenvalue weighted by Gasteiger charge is -2.15. The van der Waals surface area contributed by atoms with Gasteiger partial charge in [-0.2, -0.15) is 10.1 Å². The van der Waals surface area contributed by atoms with Crippen LogP contribution < -0.4 is 19.8 Å². The third-order valence-electron chi connectivity index (χ3n) is 7.50. The van der Waals surface area contributed by atoms with Crippen LogP contribution in [0.3, 0.4) is 0 Å². The van der Waals surface area contributed by atoms with Crippen molar-refractivity contribution in [3.8, 4) is 5.75 Å². The Hall–Kier alpha value is -3.31. The molecule has 0 spiro atoms. The largest absolute Gasteiger partial charge is 0.494 e. The van der Waals surface area contributed by atoms with Crippen LogP contribution in [0, 0.1) is 0 Å². The molecule has 1 aliphatic heterocycles. The minimum absolute atomic E-state index is 0.0528. The molecule has 0 saturated heterocycles. The quantitative estimate of drug-likeness (QED) is 0.135. The van der Waals surface area contributed by atoms with Crippen LogP contribution in [0.5, 0.6) is 5.75 Å². The normalized spacial score (nSPS) is 13.1. The highest BCUT2D eigenvalue weighted by molar-refractivity contribution is 7.92. The summed E-state index contributed by atoms with van der Waals surface area (Å²) in [6, 6.07) is 15.0. The summed E-state index contributed by atoms with van der Waals surface area (Å²) in [6.07, 6.45) is 12.2. The highest BCUT2D eigenvalue weighted by atomic mass is 35.5. The summed E-state index contributed by atoms with van der Waals surface area (Å²) in [4.78, 5) is 25.7. The van der Waals surface area contributed by atoms with Crippen molar-refractivity contribution < 1.29 is 22.7 Å². The number of amidine groups is 1. The predicted octanol–water partition coefficient (Wildman–Crippen LogP) is 9.23. The lowest BCUT2D eigenvalue weighted by molar-refractivity contribution is -0.116. The number of rotatable bonds is 17. The highest BCUT2D eigenvalue weighted by Crippen LogP contribution is 2.38. The Labute approximate surface area is 291 Å². The van der Waals surface area contributed by atoms with E-state index in [4.69, 9.17) is 39.5 Å². The van der Waals surface area contributed by atoms with Crippen LogP contribution in [-0.4, -0.2) is 32.7 Å². The van der Waals surface area contributed by atoms with Crippen molar-refractivity contribution >= 4 is 73.9 Å². The fourth-order valence-corrected chi connectivity index (χ4v) is 7.07. The number of hydrazone groups is 1. The van der Waals surface area contributed by atoms with Gasteiger partial charge in [0.2, 0.25) is 0 Å².